The molecule has 4 nitrogen and oxygen atoms in total. The van der Waals surface area contributed by atoms with Crippen LogP contribution in [0.25, 0.3) is 10.8 Å². The van der Waals surface area contributed by atoms with Crippen LogP contribution >= 0.6 is 11.3 Å². The molecule has 5 heteroatoms. The van der Waals surface area contributed by atoms with Gasteiger partial charge < -0.3 is 9.30 Å². The van der Waals surface area contributed by atoms with E-state index in [0.717, 1.165) is 17.6 Å². The highest BCUT2D eigenvalue weighted by Crippen LogP contribution is 2.19. The van der Waals surface area contributed by atoms with Crippen LogP contribution in [0.2, 0.25) is 0 Å². The Morgan fingerprint density at radius 2 is 1.96 bits per heavy atom. The zero-order valence-corrected chi connectivity index (χ0v) is 14.7. The minimum Gasteiger partial charge on any atom is -0.381 e. The first-order chi connectivity index (χ1) is 12.3. The first-order valence-electron chi connectivity index (χ1n) is 8.58. The van der Waals surface area contributed by atoms with Crippen molar-refractivity contribution >= 4 is 28.0 Å². The molecule has 1 aromatic heterocycles. The van der Waals surface area contributed by atoms with E-state index < -0.39 is 0 Å². The van der Waals surface area contributed by atoms with Crippen molar-refractivity contribution in [1.82, 2.24) is 4.57 Å². The third-order valence-corrected chi connectivity index (χ3v) is 5.45. The molecule has 1 fully saturated rings. The summed E-state index contributed by atoms with van der Waals surface area (Å²) in [4.78, 5) is 17.6. The van der Waals surface area contributed by atoms with Crippen molar-refractivity contribution in [2.24, 2.45) is 10.9 Å². The Kier molecular flexibility index (Phi) is 4.76. The van der Waals surface area contributed by atoms with E-state index in [1.165, 1.54) is 27.7 Å². The number of amides is 1. The quantitative estimate of drug-likeness (QED) is 0.723. The van der Waals surface area contributed by atoms with Crippen molar-refractivity contribution in [2.75, 3.05) is 13.2 Å². The summed E-state index contributed by atoms with van der Waals surface area (Å²) in [5.74, 6) is -0.0146. The van der Waals surface area contributed by atoms with E-state index in [0.29, 0.717) is 19.8 Å². The van der Waals surface area contributed by atoms with Crippen molar-refractivity contribution < 1.29 is 9.53 Å². The molecule has 0 aliphatic carbocycles. The van der Waals surface area contributed by atoms with Crippen LogP contribution in [0.5, 0.6) is 0 Å². The van der Waals surface area contributed by atoms with E-state index in [4.69, 9.17) is 4.74 Å². The summed E-state index contributed by atoms with van der Waals surface area (Å²) in [7, 11) is 0. The number of hydrogen-bond donors (Lipinski definition) is 0. The van der Waals surface area contributed by atoms with E-state index in [2.05, 4.69) is 52.0 Å². The number of rotatable bonds is 3. The lowest BCUT2D eigenvalue weighted by Gasteiger charge is -2.18. The number of carbonyl (C=O) groups excluding carboxylic acids is 1. The lowest BCUT2D eigenvalue weighted by Crippen LogP contribution is -2.25. The van der Waals surface area contributed by atoms with Gasteiger partial charge in [0.2, 0.25) is 0 Å². The van der Waals surface area contributed by atoms with E-state index in [-0.39, 0.29) is 11.8 Å². The Hall–Kier alpha value is -2.24. The normalized spacial score (nSPS) is 16.4. The fourth-order valence-electron chi connectivity index (χ4n) is 3.25. The van der Waals surface area contributed by atoms with E-state index in [9.17, 15) is 4.79 Å². The van der Waals surface area contributed by atoms with Gasteiger partial charge in [0.25, 0.3) is 5.91 Å². The van der Waals surface area contributed by atoms with Crippen LogP contribution in [-0.4, -0.2) is 23.7 Å². The third-order valence-electron chi connectivity index (χ3n) is 4.66. The van der Waals surface area contributed by atoms with Crippen molar-refractivity contribution in [3.05, 3.63) is 64.4 Å². The van der Waals surface area contributed by atoms with Gasteiger partial charge in [-0.3, -0.25) is 4.79 Å². The Morgan fingerprint density at radius 3 is 2.84 bits per heavy atom. The molecule has 1 aliphatic rings. The highest BCUT2D eigenvalue weighted by molar-refractivity contribution is 7.07. The summed E-state index contributed by atoms with van der Waals surface area (Å²) >= 11 is 1.51. The largest absolute Gasteiger partial charge is 0.381 e. The molecule has 0 radical (unpaired) electrons. The Bertz CT molecular complexity index is 946. The average molecular weight is 352 g/mol. The van der Waals surface area contributed by atoms with Gasteiger partial charge in [0.15, 0.2) is 4.80 Å². The van der Waals surface area contributed by atoms with Gasteiger partial charge in [-0.05, 0) is 29.2 Å². The monoisotopic (exact) mass is 352 g/mol. The van der Waals surface area contributed by atoms with Crippen LogP contribution in [0.3, 0.4) is 0 Å². The van der Waals surface area contributed by atoms with Crippen LogP contribution in [0.1, 0.15) is 18.4 Å². The van der Waals surface area contributed by atoms with Gasteiger partial charge in [-0.1, -0.05) is 42.5 Å². The molecule has 0 spiro atoms. The lowest BCUT2D eigenvalue weighted by atomic mass is 10.00. The van der Waals surface area contributed by atoms with Gasteiger partial charge in [0.1, 0.15) is 0 Å². The second-order valence-corrected chi connectivity index (χ2v) is 7.16. The summed E-state index contributed by atoms with van der Waals surface area (Å²) in [6, 6.07) is 14.7. The molecule has 0 saturated carbocycles. The second kappa shape index (κ2) is 7.33. The highest BCUT2D eigenvalue weighted by atomic mass is 32.1. The number of hydrogen-bond acceptors (Lipinski definition) is 3. The lowest BCUT2D eigenvalue weighted by molar-refractivity contribution is -0.124. The maximum absolute atomic E-state index is 12.5. The number of aromatic nitrogens is 1. The predicted molar refractivity (Wildman–Crippen MR) is 99.5 cm³/mol. The maximum atomic E-state index is 12.5. The number of nitrogens with zero attached hydrogens (tertiary/aromatic N) is 2. The van der Waals surface area contributed by atoms with Gasteiger partial charge in [0, 0.05) is 30.7 Å². The van der Waals surface area contributed by atoms with Gasteiger partial charge >= 0.3 is 0 Å². The molecule has 4 rings (SSSR count). The fraction of sp³-hybridized carbons (Fsp3) is 0.300. The number of thiazole rings is 1. The second-order valence-electron chi connectivity index (χ2n) is 6.29. The van der Waals surface area contributed by atoms with Gasteiger partial charge in [-0.15, -0.1) is 11.3 Å². The molecule has 1 aliphatic heterocycles. The van der Waals surface area contributed by atoms with Crippen molar-refractivity contribution in [3.8, 4) is 0 Å². The molecule has 25 heavy (non-hydrogen) atoms. The Morgan fingerprint density at radius 1 is 1.16 bits per heavy atom. The minimum atomic E-state index is -0.0163. The van der Waals surface area contributed by atoms with E-state index in [1.54, 1.807) is 0 Å². The molecule has 0 N–H and O–H groups in total. The van der Waals surface area contributed by atoms with Gasteiger partial charge in [-0.2, -0.15) is 4.99 Å². The van der Waals surface area contributed by atoms with Crippen molar-refractivity contribution in [3.63, 3.8) is 0 Å². The highest BCUT2D eigenvalue weighted by Gasteiger charge is 2.21. The molecular weight excluding hydrogens is 332 g/mol. The molecule has 2 heterocycles. The minimum absolute atomic E-state index is 0.00172. The molecule has 0 unspecified atom stereocenters. The molecule has 1 saturated heterocycles. The number of carbonyl (C=O) groups is 1. The zero-order chi connectivity index (χ0) is 17.1. The molecule has 0 bridgehead atoms. The third kappa shape index (κ3) is 3.57. The molecule has 1 amide bonds. The first kappa shape index (κ1) is 16.2. The molecule has 3 aromatic rings. The predicted octanol–water partition coefficient (Wildman–Crippen LogP) is 3.61. The standard InChI is InChI=1S/C20H20N2O2S/c23-19(16-8-11-24-12-9-16)21-20-22(10-13-25-20)14-17-6-3-5-15-4-1-2-7-18(15)17/h1-7,10,13,16H,8-9,11-12,14H2. The van der Waals surface area contributed by atoms with Crippen LogP contribution in [-0.2, 0) is 16.1 Å². The summed E-state index contributed by atoms with van der Waals surface area (Å²) in [5, 5.41) is 4.46. The zero-order valence-electron chi connectivity index (χ0n) is 13.9. The van der Waals surface area contributed by atoms with Crippen LogP contribution < -0.4 is 4.80 Å². The Labute approximate surface area is 150 Å². The average Bonchev–Trinajstić information content (AvgIpc) is 3.09. The van der Waals surface area contributed by atoms with Crippen LogP contribution in [0, 0.1) is 5.92 Å². The van der Waals surface area contributed by atoms with Gasteiger partial charge in [-0.25, -0.2) is 0 Å². The fourth-order valence-corrected chi connectivity index (χ4v) is 3.98. The van der Waals surface area contributed by atoms with E-state index in [1.807, 2.05) is 11.6 Å². The first-order valence-corrected chi connectivity index (χ1v) is 9.46. The SMILES string of the molecule is O=C(N=c1sccn1Cc1cccc2ccccc12)C1CCOCC1. The maximum Gasteiger partial charge on any atom is 0.251 e. The molecular formula is C20H20N2O2S. The summed E-state index contributed by atoms with van der Waals surface area (Å²) < 4.78 is 7.39. The van der Waals surface area contributed by atoms with Crippen molar-refractivity contribution in [2.45, 2.75) is 19.4 Å². The van der Waals surface area contributed by atoms with Crippen LogP contribution in [0.4, 0.5) is 0 Å². The topological polar surface area (TPSA) is 43.6 Å². The van der Waals surface area contributed by atoms with E-state index >= 15 is 0 Å². The summed E-state index contributed by atoms with van der Waals surface area (Å²) in [6.45, 7) is 2.03. The molecule has 128 valence electrons. The van der Waals surface area contributed by atoms with Crippen molar-refractivity contribution in [1.29, 1.82) is 0 Å². The number of fused-ring (bicyclic) bond motifs is 1. The Balaban J connectivity index is 1.63. The van der Waals surface area contributed by atoms with Crippen LogP contribution in [0.15, 0.2) is 59.0 Å². The summed E-state index contributed by atoms with van der Waals surface area (Å²) in [5.41, 5.74) is 1.23. The smallest absolute Gasteiger partial charge is 0.251 e. The molecule has 2 aromatic carbocycles. The van der Waals surface area contributed by atoms with Gasteiger partial charge in [0.05, 0.1) is 6.54 Å². The molecule has 0 atom stereocenters. The number of benzene rings is 2. The summed E-state index contributed by atoms with van der Waals surface area (Å²) in [6.07, 6.45) is 3.55. The number of ether oxygens (including phenoxy) is 1.